The van der Waals surface area contributed by atoms with Crippen molar-refractivity contribution in [3.63, 3.8) is 0 Å². The number of benzene rings is 3. The van der Waals surface area contributed by atoms with Crippen LogP contribution in [0.5, 0.6) is 17.2 Å². The Hall–Kier alpha value is -3.50. The van der Waals surface area contributed by atoms with E-state index in [2.05, 4.69) is 0 Å². The fourth-order valence-electron chi connectivity index (χ4n) is 3.42. The van der Waals surface area contributed by atoms with E-state index in [1.54, 1.807) is 12.1 Å². The van der Waals surface area contributed by atoms with Crippen molar-refractivity contribution in [3.05, 3.63) is 71.1 Å². The predicted octanol–water partition coefficient (Wildman–Crippen LogP) is 4.30. The number of thioether (sulfide) groups is 1. The molecule has 4 rings (SSSR count). The molecule has 1 aliphatic rings. The molecule has 0 N–H and O–H groups in total. The number of imide groups is 1. The van der Waals surface area contributed by atoms with Gasteiger partial charge in [0, 0.05) is 5.39 Å². The minimum Gasteiger partial charge on any atom is -0.493 e. The maximum Gasteiger partial charge on any atom is 0.306 e. The third-order valence-electron chi connectivity index (χ3n) is 4.92. The highest BCUT2D eigenvalue weighted by atomic mass is 32.2. The second-order valence-electron chi connectivity index (χ2n) is 7.36. The first-order valence-electron chi connectivity index (χ1n) is 10.2. The summed E-state index contributed by atoms with van der Waals surface area (Å²) in [7, 11) is -2.35. The number of carbonyl (C=O) groups excluding carboxylic acids is 2. The van der Waals surface area contributed by atoms with Gasteiger partial charge >= 0.3 is 10.1 Å². The van der Waals surface area contributed by atoms with Crippen LogP contribution in [0.2, 0.25) is 0 Å². The van der Waals surface area contributed by atoms with Crippen LogP contribution >= 0.6 is 11.8 Å². The first kappa shape index (κ1) is 23.7. The standard InChI is InChI=1S/C24H21NO7S2/c1-30-21-14-16(10-11-20(21)32-34(2,28)29)15-22-23(26)25(24(27)33-22)12-13-31-19-9-5-7-17-6-3-4-8-18(17)19/h3-11,14-15H,12-13H2,1-2H3/b22-15-. The maximum atomic E-state index is 12.8. The molecule has 34 heavy (non-hydrogen) atoms. The summed E-state index contributed by atoms with van der Waals surface area (Å²) in [6.45, 7) is 0.264. The zero-order valence-electron chi connectivity index (χ0n) is 18.4. The van der Waals surface area contributed by atoms with Gasteiger partial charge in [0.15, 0.2) is 11.5 Å². The van der Waals surface area contributed by atoms with Gasteiger partial charge in [0.25, 0.3) is 11.1 Å². The van der Waals surface area contributed by atoms with Crippen molar-refractivity contribution >= 4 is 49.9 Å². The molecule has 8 nitrogen and oxygen atoms in total. The molecule has 0 spiro atoms. The van der Waals surface area contributed by atoms with Gasteiger partial charge in [0.1, 0.15) is 12.4 Å². The van der Waals surface area contributed by atoms with Gasteiger partial charge in [-0.15, -0.1) is 0 Å². The molecule has 1 heterocycles. The normalized spacial score (nSPS) is 15.2. The highest BCUT2D eigenvalue weighted by molar-refractivity contribution is 8.18. The van der Waals surface area contributed by atoms with Crippen LogP contribution in [-0.4, -0.2) is 51.0 Å². The summed E-state index contributed by atoms with van der Waals surface area (Å²) in [5.41, 5.74) is 0.551. The molecule has 3 aromatic carbocycles. The lowest BCUT2D eigenvalue weighted by Crippen LogP contribution is -2.32. The average molecular weight is 500 g/mol. The number of rotatable bonds is 8. The van der Waals surface area contributed by atoms with Crippen LogP contribution in [0, 0.1) is 0 Å². The van der Waals surface area contributed by atoms with Gasteiger partial charge in [-0.25, -0.2) is 0 Å². The Labute approximate surface area is 201 Å². The van der Waals surface area contributed by atoms with Gasteiger partial charge in [-0.1, -0.05) is 42.5 Å². The number of hydrogen-bond donors (Lipinski definition) is 0. The van der Waals surface area contributed by atoms with E-state index in [1.165, 1.54) is 19.2 Å². The smallest absolute Gasteiger partial charge is 0.306 e. The van der Waals surface area contributed by atoms with Gasteiger partial charge in [-0.05, 0) is 47.0 Å². The van der Waals surface area contributed by atoms with E-state index in [-0.39, 0.29) is 34.8 Å². The predicted molar refractivity (Wildman–Crippen MR) is 131 cm³/mol. The van der Waals surface area contributed by atoms with Crippen molar-refractivity contribution < 1.29 is 31.7 Å². The van der Waals surface area contributed by atoms with Crippen LogP contribution in [-0.2, 0) is 14.9 Å². The van der Waals surface area contributed by atoms with Crippen molar-refractivity contribution in [2.24, 2.45) is 0 Å². The SMILES string of the molecule is COc1cc(/C=C2\SC(=O)N(CCOc3cccc4ccccc34)C2=O)ccc1OS(C)(=O)=O. The summed E-state index contributed by atoms with van der Waals surface area (Å²) in [6.07, 6.45) is 2.48. The summed E-state index contributed by atoms with van der Waals surface area (Å²) in [5.74, 6) is 0.471. The third-order valence-corrected chi connectivity index (χ3v) is 6.31. The third kappa shape index (κ3) is 5.35. The fraction of sp³-hybridized carbons (Fsp3) is 0.167. The van der Waals surface area contributed by atoms with Crippen LogP contribution in [0.4, 0.5) is 4.79 Å². The first-order valence-corrected chi connectivity index (χ1v) is 12.8. The lowest BCUT2D eigenvalue weighted by molar-refractivity contribution is -0.123. The lowest BCUT2D eigenvalue weighted by atomic mass is 10.1. The van der Waals surface area contributed by atoms with E-state index in [0.29, 0.717) is 11.3 Å². The zero-order chi connectivity index (χ0) is 24.3. The molecule has 0 bridgehead atoms. The monoisotopic (exact) mass is 499 g/mol. The molecule has 1 aliphatic heterocycles. The highest BCUT2D eigenvalue weighted by Crippen LogP contribution is 2.35. The minimum absolute atomic E-state index is 0.0286. The van der Waals surface area contributed by atoms with Crippen LogP contribution in [0.1, 0.15) is 5.56 Å². The Morgan fingerprint density at radius 2 is 1.74 bits per heavy atom. The summed E-state index contributed by atoms with van der Waals surface area (Å²) >= 11 is 0.828. The number of methoxy groups -OCH3 is 1. The van der Waals surface area contributed by atoms with Crippen molar-refractivity contribution in [3.8, 4) is 17.2 Å². The molecule has 0 unspecified atom stereocenters. The molecule has 1 saturated heterocycles. The Kier molecular flexibility index (Phi) is 6.80. The quantitative estimate of drug-likeness (QED) is 0.334. The van der Waals surface area contributed by atoms with E-state index < -0.39 is 16.0 Å². The number of amides is 2. The van der Waals surface area contributed by atoms with E-state index in [9.17, 15) is 18.0 Å². The molecule has 10 heteroatoms. The number of hydrogen-bond acceptors (Lipinski definition) is 8. The van der Waals surface area contributed by atoms with Crippen molar-refractivity contribution in [2.45, 2.75) is 0 Å². The molecule has 2 amide bonds. The van der Waals surface area contributed by atoms with Crippen LogP contribution in [0.15, 0.2) is 65.6 Å². The summed E-state index contributed by atoms with van der Waals surface area (Å²) in [4.78, 5) is 26.6. The van der Waals surface area contributed by atoms with E-state index >= 15 is 0 Å². The lowest BCUT2D eigenvalue weighted by Gasteiger charge is -2.14. The summed E-state index contributed by atoms with van der Waals surface area (Å²) < 4.78 is 38.7. The summed E-state index contributed by atoms with van der Waals surface area (Å²) in [6, 6.07) is 18.0. The largest absolute Gasteiger partial charge is 0.493 e. The molecule has 0 saturated carbocycles. The van der Waals surface area contributed by atoms with Gasteiger partial charge in [-0.2, -0.15) is 8.42 Å². The second kappa shape index (κ2) is 9.78. The molecule has 0 aromatic heterocycles. The van der Waals surface area contributed by atoms with Crippen molar-refractivity contribution in [1.29, 1.82) is 0 Å². The van der Waals surface area contributed by atoms with Gasteiger partial charge in [0.05, 0.1) is 24.8 Å². The highest BCUT2D eigenvalue weighted by Gasteiger charge is 2.34. The first-order chi connectivity index (χ1) is 16.2. The molecule has 3 aromatic rings. The van der Waals surface area contributed by atoms with E-state index in [0.717, 1.165) is 33.7 Å². The Morgan fingerprint density at radius 1 is 0.971 bits per heavy atom. The number of nitrogens with zero attached hydrogens (tertiary/aromatic N) is 1. The molecular formula is C24H21NO7S2. The second-order valence-corrected chi connectivity index (χ2v) is 9.92. The average Bonchev–Trinajstić information content (AvgIpc) is 3.06. The topological polar surface area (TPSA) is 99.2 Å². The number of ether oxygens (including phenoxy) is 2. The van der Waals surface area contributed by atoms with Crippen LogP contribution < -0.4 is 13.7 Å². The zero-order valence-corrected chi connectivity index (χ0v) is 20.0. The van der Waals surface area contributed by atoms with Gasteiger partial charge < -0.3 is 13.7 Å². The molecule has 0 radical (unpaired) electrons. The minimum atomic E-state index is -3.73. The van der Waals surface area contributed by atoms with Crippen LogP contribution in [0.3, 0.4) is 0 Å². The van der Waals surface area contributed by atoms with Crippen molar-refractivity contribution in [2.75, 3.05) is 26.5 Å². The van der Waals surface area contributed by atoms with Crippen molar-refractivity contribution in [1.82, 2.24) is 4.90 Å². The Morgan fingerprint density at radius 3 is 2.50 bits per heavy atom. The number of fused-ring (bicyclic) bond motifs is 1. The van der Waals surface area contributed by atoms with E-state index in [1.807, 2.05) is 42.5 Å². The molecule has 0 atom stereocenters. The van der Waals surface area contributed by atoms with Gasteiger partial charge in [-0.3, -0.25) is 14.5 Å². The van der Waals surface area contributed by atoms with Gasteiger partial charge in [0.2, 0.25) is 0 Å². The molecule has 176 valence electrons. The summed E-state index contributed by atoms with van der Waals surface area (Å²) in [5, 5.41) is 1.61. The fourth-order valence-corrected chi connectivity index (χ4v) is 4.75. The Balaban J connectivity index is 1.45. The molecule has 1 fully saturated rings. The van der Waals surface area contributed by atoms with E-state index in [4.69, 9.17) is 13.7 Å². The molecule has 0 aliphatic carbocycles. The number of carbonyl (C=O) groups is 2. The molecular weight excluding hydrogens is 478 g/mol. The van der Waals surface area contributed by atoms with Crippen LogP contribution in [0.25, 0.3) is 16.8 Å². The Bertz CT molecular complexity index is 1390. The maximum absolute atomic E-state index is 12.8.